The number of pyridine rings is 1. The van der Waals surface area contributed by atoms with Crippen molar-refractivity contribution in [3.05, 3.63) is 53.6 Å². The lowest BCUT2D eigenvalue weighted by molar-refractivity contribution is 0.595. The zero-order valence-electron chi connectivity index (χ0n) is 8.97. The Morgan fingerprint density at radius 3 is 2.67 bits per heavy atom. The van der Waals surface area contributed by atoms with Gasteiger partial charge < -0.3 is 0 Å². The van der Waals surface area contributed by atoms with Crippen molar-refractivity contribution < 1.29 is 12.8 Å². The van der Waals surface area contributed by atoms with Gasteiger partial charge in [-0.1, -0.05) is 17.7 Å². The lowest BCUT2D eigenvalue weighted by atomic mass is 10.4. The summed E-state index contributed by atoms with van der Waals surface area (Å²) in [4.78, 5) is 3.57. The average molecular weight is 287 g/mol. The van der Waals surface area contributed by atoms with Crippen molar-refractivity contribution in [2.45, 2.75) is 4.90 Å². The minimum absolute atomic E-state index is 0.157. The molecule has 0 saturated heterocycles. The molecule has 7 heteroatoms. The fourth-order valence-electron chi connectivity index (χ4n) is 1.31. The number of nitrogens with zero attached hydrogens (tertiary/aromatic N) is 1. The monoisotopic (exact) mass is 286 g/mol. The van der Waals surface area contributed by atoms with E-state index in [2.05, 4.69) is 9.71 Å². The molecular weight excluding hydrogens is 279 g/mol. The van der Waals surface area contributed by atoms with Gasteiger partial charge in [0.15, 0.2) is 0 Å². The van der Waals surface area contributed by atoms with E-state index in [9.17, 15) is 12.8 Å². The maximum absolute atomic E-state index is 13.0. The largest absolute Gasteiger partial charge is 0.279 e. The fraction of sp³-hybridized carbons (Fsp3) is 0. The van der Waals surface area contributed by atoms with E-state index in [-0.39, 0.29) is 15.7 Å². The molecule has 18 heavy (non-hydrogen) atoms. The van der Waals surface area contributed by atoms with E-state index in [0.717, 1.165) is 6.07 Å². The average Bonchev–Trinajstić information content (AvgIpc) is 2.28. The Bertz CT molecular complexity index is 676. The number of anilines is 1. The molecule has 0 unspecified atom stereocenters. The number of rotatable bonds is 3. The summed E-state index contributed by atoms with van der Waals surface area (Å²) in [6.45, 7) is 0. The molecule has 0 amide bonds. The van der Waals surface area contributed by atoms with Gasteiger partial charge in [0.25, 0.3) is 10.0 Å². The molecule has 0 aliphatic heterocycles. The standard InChI is InChI=1S/C11H8ClFN2O2S/c12-11-7-9(4-5-14-11)15-18(16,17)10-3-1-2-8(13)6-10/h1-7H,(H,14,15). The molecule has 4 nitrogen and oxygen atoms in total. The number of hydrogen-bond acceptors (Lipinski definition) is 3. The second-order valence-electron chi connectivity index (χ2n) is 3.43. The predicted octanol–water partition coefficient (Wildman–Crippen LogP) is 2.67. The number of hydrogen-bond donors (Lipinski definition) is 1. The SMILES string of the molecule is O=S(=O)(Nc1ccnc(Cl)c1)c1cccc(F)c1. The van der Waals surface area contributed by atoms with E-state index in [0.29, 0.717) is 0 Å². The molecule has 0 radical (unpaired) electrons. The summed E-state index contributed by atoms with van der Waals surface area (Å²) in [6.07, 6.45) is 1.37. The highest BCUT2D eigenvalue weighted by atomic mass is 35.5. The Kier molecular flexibility index (Phi) is 3.49. The summed E-state index contributed by atoms with van der Waals surface area (Å²) in [5.41, 5.74) is 0.263. The van der Waals surface area contributed by atoms with Gasteiger partial charge in [-0.2, -0.15) is 0 Å². The highest BCUT2D eigenvalue weighted by Gasteiger charge is 2.14. The third-order valence-corrected chi connectivity index (χ3v) is 3.67. The van der Waals surface area contributed by atoms with Gasteiger partial charge in [-0.3, -0.25) is 4.72 Å². The number of aromatic nitrogens is 1. The molecule has 0 fully saturated rings. The Morgan fingerprint density at radius 1 is 1.22 bits per heavy atom. The van der Waals surface area contributed by atoms with Gasteiger partial charge >= 0.3 is 0 Å². The Labute approximate surface area is 108 Å². The van der Waals surface area contributed by atoms with Crippen LogP contribution >= 0.6 is 11.6 Å². The second kappa shape index (κ2) is 4.91. The lowest BCUT2D eigenvalue weighted by Crippen LogP contribution is -2.13. The number of halogens is 2. The van der Waals surface area contributed by atoms with Crippen molar-refractivity contribution in [1.82, 2.24) is 4.98 Å². The van der Waals surface area contributed by atoms with E-state index in [4.69, 9.17) is 11.6 Å². The second-order valence-corrected chi connectivity index (χ2v) is 5.50. The van der Waals surface area contributed by atoms with Gasteiger partial charge in [0, 0.05) is 6.20 Å². The zero-order valence-corrected chi connectivity index (χ0v) is 10.5. The fourth-order valence-corrected chi connectivity index (χ4v) is 2.57. The van der Waals surface area contributed by atoms with Crippen molar-refractivity contribution in [1.29, 1.82) is 0 Å². The maximum atomic E-state index is 13.0. The topological polar surface area (TPSA) is 59.1 Å². The maximum Gasteiger partial charge on any atom is 0.261 e. The first-order valence-electron chi connectivity index (χ1n) is 4.87. The minimum atomic E-state index is -3.83. The van der Waals surface area contributed by atoms with Crippen LogP contribution in [0.2, 0.25) is 5.15 Å². The summed E-state index contributed by atoms with van der Waals surface area (Å²) < 4.78 is 39.1. The molecule has 1 aromatic carbocycles. The molecule has 94 valence electrons. The first kappa shape index (κ1) is 12.8. The first-order chi connectivity index (χ1) is 8.47. The summed E-state index contributed by atoms with van der Waals surface area (Å²) in [5.74, 6) is -0.620. The number of nitrogens with one attached hydrogen (secondary N) is 1. The third kappa shape index (κ3) is 2.96. The van der Waals surface area contributed by atoms with Crippen LogP contribution in [0.3, 0.4) is 0 Å². The molecule has 1 aromatic heterocycles. The number of sulfonamides is 1. The van der Waals surface area contributed by atoms with E-state index in [1.54, 1.807) is 0 Å². The Balaban J connectivity index is 2.33. The van der Waals surface area contributed by atoms with Crippen LogP contribution in [-0.2, 0) is 10.0 Å². The van der Waals surface area contributed by atoms with Crippen LogP contribution in [0.15, 0.2) is 47.5 Å². The smallest absolute Gasteiger partial charge is 0.261 e. The van der Waals surface area contributed by atoms with Crippen LogP contribution in [0.5, 0.6) is 0 Å². The molecule has 0 bridgehead atoms. The molecule has 2 aromatic rings. The Hall–Kier alpha value is -1.66. The molecule has 0 aliphatic rings. The van der Waals surface area contributed by atoms with Gasteiger partial charge in [0.05, 0.1) is 10.6 Å². The highest BCUT2D eigenvalue weighted by Crippen LogP contribution is 2.18. The molecular formula is C11H8ClFN2O2S. The quantitative estimate of drug-likeness (QED) is 0.883. The lowest BCUT2D eigenvalue weighted by Gasteiger charge is -2.07. The van der Waals surface area contributed by atoms with Gasteiger partial charge in [-0.05, 0) is 30.3 Å². The van der Waals surface area contributed by atoms with E-state index in [1.807, 2.05) is 0 Å². The van der Waals surface area contributed by atoms with Crippen LogP contribution in [0.25, 0.3) is 0 Å². The molecule has 0 aliphatic carbocycles. The minimum Gasteiger partial charge on any atom is -0.279 e. The van der Waals surface area contributed by atoms with Crippen LogP contribution in [-0.4, -0.2) is 13.4 Å². The third-order valence-electron chi connectivity index (χ3n) is 2.09. The van der Waals surface area contributed by atoms with Crippen LogP contribution in [0.4, 0.5) is 10.1 Å². The molecule has 0 atom stereocenters. The van der Waals surface area contributed by atoms with Crippen molar-refractivity contribution in [2.24, 2.45) is 0 Å². The van der Waals surface area contributed by atoms with Crippen molar-refractivity contribution in [2.75, 3.05) is 4.72 Å². The van der Waals surface area contributed by atoms with Crippen LogP contribution < -0.4 is 4.72 Å². The summed E-state index contributed by atoms with van der Waals surface area (Å²) in [6, 6.07) is 7.53. The van der Waals surface area contributed by atoms with Crippen LogP contribution in [0.1, 0.15) is 0 Å². The normalized spacial score (nSPS) is 11.2. The van der Waals surface area contributed by atoms with Gasteiger partial charge in [0.2, 0.25) is 0 Å². The molecule has 0 saturated carbocycles. The van der Waals surface area contributed by atoms with E-state index < -0.39 is 15.8 Å². The van der Waals surface area contributed by atoms with E-state index >= 15 is 0 Å². The highest BCUT2D eigenvalue weighted by molar-refractivity contribution is 7.92. The Morgan fingerprint density at radius 2 is 2.00 bits per heavy atom. The van der Waals surface area contributed by atoms with Crippen LogP contribution in [0, 0.1) is 5.82 Å². The van der Waals surface area contributed by atoms with Gasteiger partial charge in [0.1, 0.15) is 11.0 Å². The predicted molar refractivity (Wildman–Crippen MR) is 66.5 cm³/mol. The number of benzene rings is 1. The first-order valence-corrected chi connectivity index (χ1v) is 6.73. The molecule has 1 heterocycles. The van der Waals surface area contributed by atoms with Crippen molar-refractivity contribution >= 4 is 27.3 Å². The summed E-state index contributed by atoms with van der Waals surface area (Å²) in [7, 11) is -3.83. The van der Waals surface area contributed by atoms with Crippen molar-refractivity contribution in [3.8, 4) is 0 Å². The van der Waals surface area contributed by atoms with E-state index in [1.165, 1.54) is 36.5 Å². The molecule has 1 N–H and O–H groups in total. The zero-order chi connectivity index (χ0) is 13.2. The summed E-state index contributed by atoms with van der Waals surface area (Å²) in [5, 5.41) is 0.162. The van der Waals surface area contributed by atoms with Gasteiger partial charge in [-0.15, -0.1) is 0 Å². The van der Waals surface area contributed by atoms with Crippen molar-refractivity contribution in [3.63, 3.8) is 0 Å². The van der Waals surface area contributed by atoms with Gasteiger partial charge in [-0.25, -0.2) is 17.8 Å². The molecule has 2 rings (SSSR count). The summed E-state index contributed by atoms with van der Waals surface area (Å²) >= 11 is 5.64. The molecule has 0 spiro atoms.